The van der Waals surface area contributed by atoms with Crippen molar-refractivity contribution in [3.63, 3.8) is 0 Å². The molecule has 1 atom stereocenters. The van der Waals surface area contributed by atoms with Crippen molar-refractivity contribution >= 4 is 0 Å². The lowest BCUT2D eigenvalue weighted by molar-refractivity contribution is 0.363. The summed E-state index contributed by atoms with van der Waals surface area (Å²) in [5, 5.41) is 0. The number of hydrogen-bond donors (Lipinski definition) is 0. The number of halogens is 1. The first-order valence-corrected chi connectivity index (χ1v) is 10.7. The molecule has 0 aliphatic carbocycles. The largest absolute Gasteiger partial charge is 0.490 e. The molecule has 0 amide bonds. The number of ether oxygens (including phenoxy) is 1. The smallest absolute Gasteiger partial charge is 0.126 e. The molecule has 0 aliphatic rings. The van der Waals surface area contributed by atoms with Gasteiger partial charge in [-0.3, -0.25) is 0 Å². The van der Waals surface area contributed by atoms with Gasteiger partial charge in [0, 0.05) is 6.42 Å². The van der Waals surface area contributed by atoms with Crippen LogP contribution >= 0.6 is 0 Å². The van der Waals surface area contributed by atoms with Crippen LogP contribution in [-0.4, -0.2) is 6.61 Å². The third kappa shape index (κ3) is 6.09. The van der Waals surface area contributed by atoms with Crippen LogP contribution in [0.1, 0.15) is 42.0 Å². The van der Waals surface area contributed by atoms with E-state index in [4.69, 9.17) is 11.2 Å². The Bertz CT molecular complexity index is 1030. The number of terminal acetylenes is 1. The molecule has 0 fully saturated rings. The van der Waals surface area contributed by atoms with Crippen molar-refractivity contribution < 1.29 is 9.13 Å². The molecule has 0 N–H and O–H groups in total. The second-order valence-electron chi connectivity index (χ2n) is 8.04. The molecular formula is C29H29FO. The Morgan fingerprint density at radius 1 is 1.03 bits per heavy atom. The Balaban J connectivity index is 1.63. The average Bonchev–Trinajstić information content (AvgIpc) is 2.80. The highest BCUT2D eigenvalue weighted by atomic mass is 19.1. The van der Waals surface area contributed by atoms with Crippen LogP contribution in [-0.2, 0) is 18.3 Å². The molecule has 1 nitrogen and oxygen atoms in total. The predicted octanol–water partition coefficient (Wildman–Crippen LogP) is 6.90. The first-order chi connectivity index (χ1) is 15.0. The van der Waals surface area contributed by atoms with Crippen LogP contribution in [0.3, 0.4) is 0 Å². The predicted molar refractivity (Wildman–Crippen MR) is 127 cm³/mol. The second kappa shape index (κ2) is 10.6. The van der Waals surface area contributed by atoms with Gasteiger partial charge in [0.25, 0.3) is 0 Å². The van der Waals surface area contributed by atoms with Crippen molar-refractivity contribution in [3.8, 4) is 18.1 Å². The Morgan fingerprint density at radius 3 is 2.45 bits per heavy atom. The number of benzene rings is 3. The lowest BCUT2D eigenvalue weighted by Crippen LogP contribution is -2.19. The van der Waals surface area contributed by atoms with Crippen LogP contribution in [0, 0.1) is 18.2 Å². The summed E-state index contributed by atoms with van der Waals surface area (Å²) in [5.41, 5.74) is 3.73. The van der Waals surface area contributed by atoms with Crippen molar-refractivity contribution in [2.45, 2.75) is 38.0 Å². The third-order valence-electron chi connectivity index (χ3n) is 5.67. The third-order valence-corrected chi connectivity index (χ3v) is 5.67. The fraction of sp³-hybridized carbons (Fsp3) is 0.241. The van der Waals surface area contributed by atoms with Gasteiger partial charge in [0.15, 0.2) is 0 Å². The lowest BCUT2D eigenvalue weighted by atomic mass is 9.78. The van der Waals surface area contributed by atoms with E-state index in [1.54, 1.807) is 12.1 Å². The molecular weight excluding hydrogens is 383 g/mol. The summed E-state index contributed by atoms with van der Waals surface area (Å²) in [4.78, 5) is 0. The summed E-state index contributed by atoms with van der Waals surface area (Å²) in [5.74, 6) is 3.63. The molecule has 0 saturated carbocycles. The van der Waals surface area contributed by atoms with E-state index in [0.29, 0.717) is 13.0 Å². The van der Waals surface area contributed by atoms with E-state index < -0.39 is 0 Å². The van der Waals surface area contributed by atoms with Crippen LogP contribution in [0.2, 0.25) is 0 Å². The van der Waals surface area contributed by atoms with E-state index in [1.807, 2.05) is 66.7 Å². The minimum absolute atomic E-state index is 0.153. The fourth-order valence-corrected chi connectivity index (χ4v) is 3.75. The molecule has 0 bridgehead atoms. The van der Waals surface area contributed by atoms with Gasteiger partial charge in [-0.2, -0.15) is 0 Å². The van der Waals surface area contributed by atoms with Crippen LogP contribution in [0.5, 0.6) is 5.75 Å². The van der Waals surface area contributed by atoms with E-state index in [1.165, 1.54) is 0 Å². The first kappa shape index (κ1) is 22.4. The Morgan fingerprint density at radius 2 is 1.77 bits per heavy atom. The lowest BCUT2D eigenvalue weighted by Gasteiger charge is -2.24. The molecule has 3 aromatic rings. The summed E-state index contributed by atoms with van der Waals surface area (Å²) in [6.45, 7) is 6.24. The molecule has 0 aromatic heterocycles. The molecule has 1 unspecified atom stereocenters. The summed E-state index contributed by atoms with van der Waals surface area (Å²) >= 11 is 0. The zero-order valence-electron chi connectivity index (χ0n) is 18.1. The highest BCUT2D eigenvalue weighted by Gasteiger charge is 2.23. The van der Waals surface area contributed by atoms with Crippen molar-refractivity contribution in [2.75, 3.05) is 6.61 Å². The zero-order valence-corrected chi connectivity index (χ0v) is 18.1. The van der Waals surface area contributed by atoms with Gasteiger partial charge < -0.3 is 4.74 Å². The molecule has 0 saturated heterocycles. The Hall–Kier alpha value is -3.31. The summed E-state index contributed by atoms with van der Waals surface area (Å²) in [6, 6.07) is 23.4. The standard InChI is InChI=1S/C29H29FO/c1-4-20-31-27-16-14-26(15-17-27)29(3,5-2)19-9-12-24-13-18-28(30)25(22-24)21-23-10-7-6-8-11-23/h2,4,6-8,10-11,13-18,22H,1,9,12,19-21H2,3H3. The average molecular weight is 413 g/mol. The van der Waals surface area contributed by atoms with Crippen LogP contribution in [0.15, 0.2) is 85.5 Å². The maximum absolute atomic E-state index is 14.3. The van der Waals surface area contributed by atoms with Crippen LogP contribution in [0.4, 0.5) is 4.39 Å². The van der Waals surface area contributed by atoms with Crippen molar-refractivity contribution in [2.24, 2.45) is 0 Å². The van der Waals surface area contributed by atoms with Crippen molar-refractivity contribution in [1.29, 1.82) is 0 Å². The molecule has 158 valence electrons. The highest BCUT2D eigenvalue weighted by molar-refractivity contribution is 5.37. The van der Waals surface area contributed by atoms with Gasteiger partial charge in [0.05, 0.1) is 5.41 Å². The number of aryl methyl sites for hydroxylation is 1. The first-order valence-electron chi connectivity index (χ1n) is 10.7. The van der Waals surface area contributed by atoms with Crippen LogP contribution in [0.25, 0.3) is 0 Å². The van der Waals surface area contributed by atoms with Gasteiger partial charge in [-0.1, -0.05) is 73.2 Å². The molecule has 0 spiro atoms. The van der Waals surface area contributed by atoms with Gasteiger partial charge in [-0.15, -0.1) is 6.42 Å². The number of hydrogen-bond acceptors (Lipinski definition) is 1. The zero-order chi connectivity index (χ0) is 22.1. The molecule has 0 radical (unpaired) electrons. The topological polar surface area (TPSA) is 9.23 Å². The SMILES string of the molecule is C#CC(C)(CCCc1ccc(F)c(Cc2ccccc2)c1)c1ccc(OCC=C)cc1. The molecule has 0 heterocycles. The normalized spacial score (nSPS) is 12.5. The monoisotopic (exact) mass is 412 g/mol. The quantitative estimate of drug-likeness (QED) is 0.260. The van der Waals surface area contributed by atoms with Crippen molar-refractivity contribution in [1.82, 2.24) is 0 Å². The van der Waals surface area contributed by atoms with E-state index in [-0.39, 0.29) is 11.2 Å². The molecule has 2 heteroatoms. The second-order valence-corrected chi connectivity index (χ2v) is 8.04. The minimum Gasteiger partial charge on any atom is -0.490 e. The van der Waals surface area contributed by atoms with E-state index in [0.717, 1.165) is 47.3 Å². The molecule has 3 rings (SSSR count). The van der Waals surface area contributed by atoms with E-state index >= 15 is 0 Å². The Kier molecular flexibility index (Phi) is 7.68. The molecule has 3 aromatic carbocycles. The van der Waals surface area contributed by atoms with Crippen LogP contribution < -0.4 is 4.74 Å². The summed E-state index contributed by atoms with van der Waals surface area (Å²) in [6.07, 6.45) is 10.9. The molecule has 31 heavy (non-hydrogen) atoms. The fourth-order valence-electron chi connectivity index (χ4n) is 3.75. The minimum atomic E-state index is -0.357. The summed E-state index contributed by atoms with van der Waals surface area (Å²) < 4.78 is 19.9. The van der Waals surface area contributed by atoms with E-state index in [9.17, 15) is 4.39 Å². The van der Waals surface area contributed by atoms with Gasteiger partial charge >= 0.3 is 0 Å². The highest BCUT2D eigenvalue weighted by Crippen LogP contribution is 2.30. The van der Waals surface area contributed by atoms with Crippen molar-refractivity contribution in [3.05, 3.63) is 114 Å². The maximum Gasteiger partial charge on any atom is 0.126 e. The summed E-state index contributed by atoms with van der Waals surface area (Å²) in [7, 11) is 0. The van der Waals surface area contributed by atoms with Gasteiger partial charge in [0.2, 0.25) is 0 Å². The Labute approximate surface area is 185 Å². The van der Waals surface area contributed by atoms with E-state index in [2.05, 4.69) is 19.4 Å². The molecule has 0 aliphatic heterocycles. The number of rotatable bonds is 10. The van der Waals surface area contributed by atoms with Gasteiger partial charge in [-0.05, 0) is 66.6 Å². The maximum atomic E-state index is 14.3. The van der Waals surface area contributed by atoms with Gasteiger partial charge in [0.1, 0.15) is 18.2 Å². The van der Waals surface area contributed by atoms with Gasteiger partial charge in [-0.25, -0.2) is 4.39 Å².